The first-order valence-electron chi connectivity index (χ1n) is 9.54. The van der Waals surface area contributed by atoms with Crippen molar-refractivity contribution in [2.24, 2.45) is 0 Å². The minimum Gasteiger partial charge on any atom is -0.493 e. The highest BCUT2D eigenvalue weighted by Gasteiger charge is 2.25. The Morgan fingerprint density at radius 2 is 1.58 bits per heavy atom. The Kier molecular flexibility index (Phi) is 7.69. The number of nitrogens with zero attached hydrogens (tertiary/aromatic N) is 2. The van der Waals surface area contributed by atoms with Crippen molar-refractivity contribution in [2.75, 3.05) is 26.1 Å². The highest BCUT2D eigenvalue weighted by atomic mass is 32.1. The molecule has 12 heteroatoms. The number of aromatic nitrogens is 2. The molecule has 0 saturated heterocycles. The van der Waals surface area contributed by atoms with Crippen molar-refractivity contribution in [2.45, 2.75) is 13.0 Å². The molecule has 1 aromatic heterocycles. The first kappa shape index (κ1) is 24.2. The summed E-state index contributed by atoms with van der Waals surface area (Å²) in [5, 5.41) is 9.99. The van der Waals surface area contributed by atoms with E-state index in [4.69, 9.17) is 21.7 Å². The standard InChI is InChI=1S/C21H19F5N4O2S/c1-31-13-4-3-11(9-14(13)32-2)5-7-27-21(33)28-15-6-8-30(29-15)10-12-16(22)18(24)20(26)19(25)17(12)23/h3-4,6,8-9H,5,7,10H2,1-2H3,(H2,27,28,29,33). The fourth-order valence-corrected chi connectivity index (χ4v) is 3.19. The molecule has 0 unspecified atom stereocenters. The summed E-state index contributed by atoms with van der Waals surface area (Å²) < 4.78 is 79.1. The highest BCUT2D eigenvalue weighted by Crippen LogP contribution is 2.27. The van der Waals surface area contributed by atoms with Gasteiger partial charge < -0.3 is 20.1 Å². The van der Waals surface area contributed by atoms with Crippen molar-refractivity contribution in [3.05, 3.63) is 70.7 Å². The van der Waals surface area contributed by atoms with Crippen LogP contribution in [0.4, 0.5) is 27.8 Å². The Morgan fingerprint density at radius 3 is 2.21 bits per heavy atom. The van der Waals surface area contributed by atoms with Crippen LogP contribution in [0.2, 0.25) is 0 Å². The molecule has 0 fully saturated rings. The van der Waals surface area contributed by atoms with E-state index < -0.39 is 41.2 Å². The number of benzene rings is 2. The van der Waals surface area contributed by atoms with Crippen molar-refractivity contribution in [3.8, 4) is 11.5 Å². The van der Waals surface area contributed by atoms with E-state index >= 15 is 0 Å². The summed E-state index contributed by atoms with van der Waals surface area (Å²) in [5.41, 5.74) is -0.00767. The van der Waals surface area contributed by atoms with Gasteiger partial charge in [0.15, 0.2) is 45.7 Å². The zero-order chi connectivity index (χ0) is 24.1. The quantitative estimate of drug-likeness (QED) is 0.216. The second-order valence-corrected chi connectivity index (χ2v) is 7.18. The molecule has 1 heterocycles. The molecule has 2 N–H and O–H groups in total. The predicted octanol–water partition coefficient (Wildman–Crippen LogP) is 4.17. The molecule has 6 nitrogen and oxygen atoms in total. The minimum absolute atomic E-state index is 0.225. The number of ether oxygens (including phenoxy) is 2. The monoisotopic (exact) mass is 486 g/mol. The summed E-state index contributed by atoms with van der Waals surface area (Å²) >= 11 is 5.19. The van der Waals surface area contributed by atoms with Gasteiger partial charge in [-0.3, -0.25) is 4.68 Å². The van der Waals surface area contributed by atoms with Crippen molar-refractivity contribution in [1.29, 1.82) is 0 Å². The molecular formula is C21H19F5N4O2S. The lowest BCUT2D eigenvalue weighted by molar-refractivity contribution is 0.354. The minimum atomic E-state index is -2.21. The number of halogens is 5. The Balaban J connectivity index is 1.56. The van der Waals surface area contributed by atoms with Gasteiger partial charge in [-0.15, -0.1) is 0 Å². The average molecular weight is 486 g/mol. The second-order valence-electron chi connectivity index (χ2n) is 6.77. The van der Waals surface area contributed by atoms with Crippen LogP contribution in [0.1, 0.15) is 11.1 Å². The summed E-state index contributed by atoms with van der Waals surface area (Å²) in [7, 11) is 3.09. The molecule has 0 saturated carbocycles. The Hall–Kier alpha value is -3.41. The largest absolute Gasteiger partial charge is 0.493 e. The van der Waals surface area contributed by atoms with Crippen LogP contribution in [0, 0.1) is 29.1 Å². The summed E-state index contributed by atoms with van der Waals surface area (Å²) in [6.45, 7) is -0.181. The van der Waals surface area contributed by atoms with E-state index in [1.807, 2.05) is 12.1 Å². The van der Waals surface area contributed by atoms with E-state index in [1.165, 1.54) is 12.3 Å². The maximum atomic E-state index is 13.9. The van der Waals surface area contributed by atoms with Gasteiger partial charge in [0.1, 0.15) is 0 Å². The number of hydrogen-bond donors (Lipinski definition) is 2. The van der Waals surface area contributed by atoms with Crippen LogP contribution in [0.5, 0.6) is 11.5 Å². The van der Waals surface area contributed by atoms with Crippen LogP contribution in [0.3, 0.4) is 0 Å². The van der Waals surface area contributed by atoms with Crippen LogP contribution in [-0.4, -0.2) is 35.7 Å². The molecule has 0 spiro atoms. The van der Waals surface area contributed by atoms with E-state index in [-0.39, 0.29) is 10.9 Å². The van der Waals surface area contributed by atoms with Crippen molar-refractivity contribution in [3.63, 3.8) is 0 Å². The summed E-state index contributed by atoms with van der Waals surface area (Å²) in [5.74, 6) is -8.57. The number of thiocarbonyl (C=S) groups is 1. The molecule has 3 rings (SSSR count). The first-order chi connectivity index (χ1) is 15.7. The summed E-state index contributed by atoms with van der Waals surface area (Å²) in [6, 6.07) is 6.97. The summed E-state index contributed by atoms with van der Waals surface area (Å²) in [4.78, 5) is 0. The van der Waals surface area contributed by atoms with Crippen LogP contribution in [0.25, 0.3) is 0 Å². The van der Waals surface area contributed by atoms with Gasteiger partial charge in [-0.25, -0.2) is 22.0 Å². The maximum absolute atomic E-state index is 13.9. The third kappa shape index (κ3) is 5.51. The molecule has 3 aromatic rings. The van der Waals surface area contributed by atoms with Gasteiger partial charge in [0.2, 0.25) is 5.82 Å². The van der Waals surface area contributed by atoms with Crippen molar-refractivity contribution < 1.29 is 31.4 Å². The van der Waals surface area contributed by atoms with Crippen LogP contribution in [0.15, 0.2) is 30.5 Å². The zero-order valence-electron chi connectivity index (χ0n) is 17.5. The lowest BCUT2D eigenvalue weighted by Gasteiger charge is -2.11. The fraction of sp³-hybridized carbons (Fsp3) is 0.238. The van der Waals surface area contributed by atoms with Gasteiger partial charge in [-0.05, 0) is 36.3 Å². The maximum Gasteiger partial charge on any atom is 0.200 e. The molecular weight excluding hydrogens is 467 g/mol. The topological polar surface area (TPSA) is 60.3 Å². The third-order valence-electron chi connectivity index (χ3n) is 4.65. The van der Waals surface area contributed by atoms with Crippen molar-refractivity contribution in [1.82, 2.24) is 15.1 Å². The Morgan fingerprint density at radius 1 is 0.939 bits per heavy atom. The van der Waals surface area contributed by atoms with Crippen molar-refractivity contribution >= 4 is 23.1 Å². The third-order valence-corrected chi connectivity index (χ3v) is 4.90. The van der Waals surface area contributed by atoms with Gasteiger partial charge in [0.05, 0.1) is 26.3 Å². The Labute approximate surface area is 191 Å². The Bertz CT molecular complexity index is 1140. The molecule has 0 aliphatic carbocycles. The number of nitrogens with one attached hydrogen (secondary N) is 2. The predicted molar refractivity (Wildman–Crippen MR) is 115 cm³/mol. The normalized spacial score (nSPS) is 10.8. The van der Waals surface area contributed by atoms with Crippen LogP contribution in [-0.2, 0) is 13.0 Å². The van der Waals surface area contributed by atoms with E-state index in [9.17, 15) is 22.0 Å². The molecule has 33 heavy (non-hydrogen) atoms. The molecule has 0 aliphatic rings. The van der Waals surface area contributed by atoms with Crippen LogP contribution < -0.4 is 20.1 Å². The van der Waals surface area contributed by atoms with E-state index in [0.717, 1.165) is 10.2 Å². The van der Waals surface area contributed by atoms with Gasteiger partial charge >= 0.3 is 0 Å². The number of anilines is 1. The molecule has 0 atom stereocenters. The molecule has 0 aliphatic heterocycles. The smallest absolute Gasteiger partial charge is 0.200 e. The van der Waals surface area contributed by atoms with Gasteiger partial charge in [-0.2, -0.15) is 5.10 Å². The lowest BCUT2D eigenvalue weighted by Crippen LogP contribution is -2.30. The number of hydrogen-bond acceptors (Lipinski definition) is 4. The summed E-state index contributed by atoms with van der Waals surface area (Å²) in [6.07, 6.45) is 1.93. The molecule has 176 valence electrons. The van der Waals surface area contributed by atoms with Crippen LogP contribution >= 0.6 is 12.2 Å². The number of rotatable bonds is 8. The molecule has 0 radical (unpaired) electrons. The van der Waals surface area contributed by atoms with E-state index in [0.29, 0.717) is 24.5 Å². The first-order valence-corrected chi connectivity index (χ1v) is 9.95. The fourth-order valence-electron chi connectivity index (χ4n) is 2.98. The van der Waals surface area contributed by atoms with Gasteiger partial charge in [0, 0.05) is 18.8 Å². The highest BCUT2D eigenvalue weighted by molar-refractivity contribution is 7.80. The zero-order valence-corrected chi connectivity index (χ0v) is 18.3. The van der Waals surface area contributed by atoms with E-state index in [2.05, 4.69) is 15.7 Å². The lowest BCUT2D eigenvalue weighted by atomic mass is 10.1. The molecule has 0 amide bonds. The SMILES string of the molecule is COc1ccc(CCNC(=S)Nc2ccn(Cc3c(F)c(F)c(F)c(F)c3F)n2)cc1OC. The average Bonchev–Trinajstić information content (AvgIpc) is 3.25. The molecule has 0 bridgehead atoms. The number of methoxy groups -OCH3 is 2. The van der Waals surface area contributed by atoms with Gasteiger partial charge in [-0.1, -0.05) is 6.07 Å². The van der Waals surface area contributed by atoms with E-state index in [1.54, 1.807) is 20.3 Å². The second kappa shape index (κ2) is 10.5. The van der Waals surface area contributed by atoms with Gasteiger partial charge in [0.25, 0.3) is 0 Å². The molecule has 2 aromatic carbocycles.